The number of nitrogens with zero attached hydrogens (tertiary/aromatic N) is 3. The van der Waals surface area contributed by atoms with Crippen LogP contribution in [0.4, 0.5) is 15.6 Å². The number of nitrogens with one attached hydrogen (secondary N) is 2. The van der Waals surface area contributed by atoms with Gasteiger partial charge in [0, 0.05) is 38.5 Å². The molecule has 4 N–H and O–H groups in total. The number of hydrogen-bond donors (Lipinski definition) is 3. The standard InChI is InChI=1S/C19H22N6O4S/c1-12(26)24-6-8-25(9-7-24)19(29)23-18-21-13(11-30-18)10-16(27)22-15-5-3-2-4-14(15)17(20)28/h2-5,11H,6-10H2,1H3,(H2,20,28)(H,22,27)(H,21,23,29). The molecular weight excluding hydrogens is 408 g/mol. The van der Waals surface area contributed by atoms with Crippen LogP contribution in [0.2, 0.25) is 0 Å². The van der Waals surface area contributed by atoms with Gasteiger partial charge >= 0.3 is 6.03 Å². The minimum atomic E-state index is -0.631. The van der Waals surface area contributed by atoms with Crippen molar-refractivity contribution in [3.63, 3.8) is 0 Å². The fraction of sp³-hybridized carbons (Fsp3) is 0.316. The first-order chi connectivity index (χ1) is 14.3. The lowest BCUT2D eigenvalue weighted by molar-refractivity contribution is -0.130. The second-order valence-corrected chi connectivity index (χ2v) is 7.56. The Bertz CT molecular complexity index is 967. The molecule has 0 atom stereocenters. The summed E-state index contributed by atoms with van der Waals surface area (Å²) in [7, 11) is 0. The molecule has 1 saturated heterocycles. The van der Waals surface area contributed by atoms with Crippen LogP contribution in [0, 0.1) is 0 Å². The Morgan fingerprint density at radius 1 is 1.07 bits per heavy atom. The first-order valence-electron chi connectivity index (χ1n) is 9.28. The zero-order valence-electron chi connectivity index (χ0n) is 16.4. The highest BCUT2D eigenvalue weighted by atomic mass is 32.1. The van der Waals surface area contributed by atoms with Crippen LogP contribution in [0.5, 0.6) is 0 Å². The van der Waals surface area contributed by atoms with Crippen LogP contribution in [0.1, 0.15) is 23.0 Å². The van der Waals surface area contributed by atoms with Crippen molar-refractivity contribution in [3.05, 3.63) is 40.9 Å². The third kappa shape index (κ3) is 5.32. The zero-order valence-corrected chi connectivity index (χ0v) is 17.2. The predicted molar refractivity (Wildman–Crippen MR) is 112 cm³/mol. The average Bonchev–Trinajstić information content (AvgIpc) is 3.14. The van der Waals surface area contributed by atoms with E-state index >= 15 is 0 Å². The fourth-order valence-electron chi connectivity index (χ4n) is 3.01. The Kier molecular flexibility index (Phi) is 6.62. The van der Waals surface area contributed by atoms with Crippen molar-refractivity contribution in [3.8, 4) is 0 Å². The predicted octanol–water partition coefficient (Wildman–Crippen LogP) is 1.12. The summed E-state index contributed by atoms with van der Waals surface area (Å²) < 4.78 is 0. The summed E-state index contributed by atoms with van der Waals surface area (Å²) in [6.07, 6.45) is -0.0171. The molecule has 5 amide bonds. The summed E-state index contributed by atoms with van der Waals surface area (Å²) in [5.74, 6) is -0.989. The van der Waals surface area contributed by atoms with E-state index in [0.717, 1.165) is 0 Å². The number of carbonyl (C=O) groups excluding carboxylic acids is 4. The summed E-state index contributed by atoms with van der Waals surface area (Å²) in [6, 6.07) is 6.18. The number of primary amides is 1. The maximum absolute atomic E-state index is 12.4. The molecule has 0 spiro atoms. The molecule has 1 aliphatic rings. The minimum Gasteiger partial charge on any atom is -0.366 e. The van der Waals surface area contributed by atoms with Gasteiger partial charge in [-0.2, -0.15) is 0 Å². The number of thiazole rings is 1. The number of amides is 5. The van der Waals surface area contributed by atoms with E-state index in [2.05, 4.69) is 15.6 Å². The molecule has 0 bridgehead atoms. The molecule has 11 heteroatoms. The number of piperazine rings is 1. The van der Waals surface area contributed by atoms with E-state index in [4.69, 9.17) is 5.73 Å². The van der Waals surface area contributed by atoms with Crippen LogP contribution in [-0.2, 0) is 16.0 Å². The molecule has 3 rings (SSSR count). The highest BCUT2D eigenvalue weighted by Gasteiger charge is 2.23. The Hall–Kier alpha value is -3.47. The van der Waals surface area contributed by atoms with Gasteiger partial charge in [0.15, 0.2) is 5.13 Å². The molecule has 1 aliphatic heterocycles. The number of rotatable bonds is 5. The third-order valence-corrected chi connectivity index (χ3v) is 5.39. The van der Waals surface area contributed by atoms with Gasteiger partial charge in [0.25, 0.3) is 5.91 Å². The van der Waals surface area contributed by atoms with Crippen molar-refractivity contribution in [2.75, 3.05) is 36.8 Å². The van der Waals surface area contributed by atoms with Crippen LogP contribution < -0.4 is 16.4 Å². The highest BCUT2D eigenvalue weighted by molar-refractivity contribution is 7.13. The molecular formula is C19H22N6O4S. The average molecular weight is 430 g/mol. The van der Waals surface area contributed by atoms with E-state index in [1.165, 1.54) is 24.3 Å². The number of anilines is 2. The minimum absolute atomic E-state index is 0.00338. The SMILES string of the molecule is CC(=O)N1CCN(C(=O)Nc2nc(CC(=O)Nc3ccccc3C(N)=O)cs2)CC1. The van der Waals surface area contributed by atoms with Gasteiger partial charge in [-0.25, -0.2) is 9.78 Å². The van der Waals surface area contributed by atoms with Crippen LogP contribution in [0.15, 0.2) is 29.6 Å². The van der Waals surface area contributed by atoms with E-state index in [1.54, 1.807) is 33.4 Å². The van der Waals surface area contributed by atoms with Gasteiger partial charge in [-0.15, -0.1) is 11.3 Å². The van der Waals surface area contributed by atoms with Crippen molar-refractivity contribution in [1.82, 2.24) is 14.8 Å². The fourth-order valence-corrected chi connectivity index (χ4v) is 3.71. The number of carbonyl (C=O) groups is 4. The molecule has 2 aromatic rings. The number of urea groups is 1. The Morgan fingerprint density at radius 2 is 1.73 bits per heavy atom. The van der Waals surface area contributed by atoms with Gasteiger partial charge < -0.3 is 20.9 Å². The Morgan fingerprint density at radius 3 is 2.40 bits per heavy atom. The third-order valence-electron chi connectivity index (χ3n) is 4.59. The number of aromatic nitrogens is 1. The quantitative estimate of drug-likeness (QED) is 0.653. The lowest BCUT2D eigenvalue weighted by Crippen LogP contribution is -2.51. The van der Waals surface area contributed by atoms with Gasteiger partial charge in [-0.3, -0.25) is 19.7 Å². The van der Waals surface area contributed by atoms with Crippen molar-refractivity contribution in [1.29, 1.82) is 0 Å². The van der Waals surface area contributed by atoms with Gasteiger partial charge in [0.05, 0.1) is 23.4 Å². The molecule has 1 aromatic heterocycles. The van der Waals surface area contributed by atoms with Crippen LogP contribution in [-0.4, -0.2) is 64.7 Å². The lowest BCUT2D eigenvalue weighted by Gasteiger charge is -2.33. The Balaban J connectivity index is 1.53. The first-order valence-corrected chi connectivity index (χ1v) is 10.2. The van der Waals surface area contributed by atoms with Crippen LogP contribution in [0.25, 0.3) is 0 Å². The molecule has 0 saturated carbocycles. The van der Waals surface area contributed by atoms with Crippen molar-refractivity contribution in [2.24, 2.45) is 5.73 Å². The van der Waals surface area contributed by atoms with Gasteiger partial charge in [-0.1, -0.05) is 12.1 Å². The molecule has 30 heavy (non-hydrogen) atoms. The molecule has 2 heterocycles. The summed E-state index contributed by atoms with van der Waals surface area (Å²) in [5, 5.41) is 7.44. The van der Waals surface area contributed by atoms with Crippen molar-refractivity contribution < 1.29 is 19.2 Å². The van der Waals surface area contributed by atoms with Crippen molar-refractivity contribution in [2.45, 2.75) is 13.3 Å². The van der Waals surface area contributed by atoms with E-state index in [0.29, 0.717) is 42.7 Å². The summed E-state index contributed by atoms with van der Waals surface area (Å²) >= 11 is 1.22. The van der Waals surface area contributed by atoms with E-state index < -0.39 is 5.91 Å². The highest BCUT2D eigenvalue weighted by Crippen LogP contribution is 2.18. The van der Waals surface area contributed by atoms with Crippen LogP contribution >= 0.6 is 11.3 Å². The van der Waals surface area contributed by atoms with Gasteiger partial charge in [0.1, 0.15) is 0 Å². The van der Waals surface area contributed by atoms with Gasteiger partial charge in [0.2, 0.25) is 11.8 Å². The van der Waals surface area contributed by atoms with E-state index in [-0.39, 0.29) is 29.8 Å². The largest absolute Gasteiger partial charge is 0.366 e. The topological polar surface area (TPSA) is 138 Å². The molecule has 1 fully saturated rings. The summed E-state index contributed by atoms with van der Waals surface area (Å²) in [6.45, 7) is 3.41. The molecule has 0 radical (unpaired) electrons. The molecule has 1 aromatic carbocycles. The van der Waals surface area contributed by atoms with E-state index in [1.807, 2.05) is 0 Å². The van der Waals surface area contributed by atoms with Gasteiger partial charge in [-0.05, 0) is 12.1 Å². The van der Waals surface area contributed by atoms with E-state index in [9.17, 15) is 19.2 Å². The second-order valence-electron chi connectivity index (χ2n) is 6.70. The summed E-state index contributed by atoms with van der Waals surface area (Å²) in [4.78, 5) is 55.1. The number of hydrogen-bond acceptors (Lipinski definition) is 6. The monoisotopic (exact) mass is 430 g/mol. The molecule has 0 unspecified atom stereocenters. The second kappa shape index (κ2) is 9.35. The maximum Gasteiger partial charge on any atom is 0.323 e. The number of benzene rings is 1. The first kappa shape index (κ1) is 21.2. The summed E-state index contributed by atoms with van der Waals surface area (Å²) in [5.41, 5.74) is 6.36. The number of para-hydroxylation sites is 1. The normalized spacial score (nSPS) is 13.6. The number of nitrogens with two attached hydrogens (primary N) is 1. The zero-order chi connectivity index (χ0) is 21.7. The smallest absolute Gasteiger partial charge is 0.323 e. The lowest BCUT2D eigenvalue weighted by atomic mass is 10.1. The molecule has 0 aliphatic carbocycles. The Labute approximate surface area is 177 Å². The molecule has 10 nitrogen and oxygen atoms in total. The van der Waals surface area contributed by atoms with Crippen LogP contribution in [0.3, 0.4) is 0 Å². The maximum atomic E-state index is 12.4. The van der Waals surface area contributed by atoms with Crippen molar-refractivity contribution >= 4 is 45.9 Å². The molecule has 158 valence electrons.